The van der Waals surface area contributed by atoms with Crippen molar-refractivity contribution in [1.29, 1.82) is 0 Å². The van der Waals surface area contributed by atoms with E-state index >= 15 is 0 Å². The fraction of sp³-hybridized carbons (Fsp3) is 1.00. The van der Waals surface area contributed by atoms with Crippen molar-refractivity contribution in [3.05, 3.63) is 0 Å². The summed E-state index contributed by atoms with van der Waals surface area (Å²) in [4.78, 5) is 0. The molecule has 25 heavy (non-hydrogen) atoms. The van der Waals surface area contributed by atoms with Crippen LogP contribution < -0.4 is 0 Å². The highest BCUT2D eigenvalue weighted by molar-refractivity contribution is 8.32. The Bertz CT molecular complexity index is 269. The summed E-state index contributed by atoms with van der Waals surface area (Å²) in [6.45, 7) is 20.2. The molecule has 0 aromatic heterocycles. The average Bonchev–Trinajstić information content (AvgIpc) is 2.68. The molecule has 0 aromatic rings. The molecule has 156 valence electrons. The Hall–Kier alpha value is 0.995. The van der Waals surface area contributed by atoms with Crippen LogP contribution in [-0.4, -0.2) is 59.1 Å². The van der Waals surface area contributed by atoms with Crippen molar-refractivity contribution >= 4 is 38.2 Å². The number of rotatable bonds is 15. The first-order valence-electron chi connectivity index (χ1n) is 10.2. The number of hydrogen-bond acceptors (Lipinski definition) is 3. The second kappa shape index (κ2) is 12.5. The molecule has 0 bridgehead atoms. The quantitative estimate of drug-likeness (QED) is 0.291. The lowest BCUT2D eigenvalue weighted by Gasteiger charge is -2.47. The van der Waals surface area contributed by atoms with E-state index in [4.69, 9.17) is 12.3 Å². The lowest BCUT2D eigenvalue weighted by molar-refractivity contribution is 0.356. The molecule has 0 aromatic carbocycles. The minimum Gasteiger partial charge on any atom is -0.336 e. The molecule has 0 rings (SSSR count). The third kappa shape index (κ3) is 7.15. The fourth-order valence-electron chi connectivity index (χ4n) is 3.00. The Morgan fingerprint density at radius 1 is 0.400 bits per heavy atom. The molecule has 0 radical (unpaired) electrons. The average molecular weight is 417 g/mol. The SMILES string of the molecule is CCS(CC)(CC)OB(OS(CC)(CC)CC)OS(CC)(CC)CC. The van der Waals surface area contributed by atoms with E-state index in [0.29, 0.717) is 0 Å². The van der Waals surface area contributed by atoms with E-state index in [1.165, 1.54) is 0 Å². The molecule has 0 fully saturated rings. The van der Waals surface area contributed by atoms with Crippen molar-refractivity contribution < 1.29 is 12.3 Å². The molecule has 7 heteroatoms. The fourth-order valence-corrected chi connectivity index (χ4v) is 9.28. The van der Waals surface area contributed by atoms with E-state index in [2.05, 4.69) is 62.3 Å². The van der Waals surface area contributed by atoms with E-state index in [1.54, 1.807) is 0 Å². The van der Waals surface area contributed by atoms with Crippen molar-refractivity contribution in [2.45, 2.75) is 62.3 Å². The summed E-state index contributed by atoms with van der Waals surface area (Å²) in [5.74, 6) is 9.65. The highest BCUT2D eigenvalue weighted by Crippen LogP contribution is 2.57. The topological polar surface area (TPSA) is 27.7 Å². The summed E-state index contributed by atoms with van der Waals surface area (Å²) in [6, 6.07) is 0. The van der Waals surface area contributed by atoms with E-state index in [0.717, 1.165) is 51.8 Å². The highest BCUT2D eigenvalue weighted by atomic mass is 32.3. The van der Waals surface area contributed by atoms with E-state index in [9.17, 15) is 0 Å². The predicted molar refractivity (Wildman–Crippen MR) is 127 cm³/mol. The Morgan fingerprint density at radius 2 is 0.560 bits per heavy atom. The van der Waals surface area contributed by atoms with E-state index in [1.807, 2.05) is 0 Å². The zero-order valence-electron chi connectivity index (χ0n) is 18.4. The maximum Gasteiger partial charge on any atom is 0.670 e. The maximum absolute atomic E-state index is 6.69. The third-order valence-electron chi connectivity index (χ3n) is 5.58. The van der Waals surface area contributed by atoms with Crippen molar-refractivity contribution in [3.8, 4) is 0 Å². The van der Waals surface area contributed by atoms with Crippen molar-refractivity contribution in [2.24, 2.45) is 0 Å². The van der Waals surface area contributed by atoms with Gasteiger partial charge >= 0.3 is 7.32 Å². The first kappa shape index (κ1) is 26.0. The van der Waals surface area contributed by atoms with Gasteiger partial charge in [-0.05, 0) is 51.8 Å². The Kier molecular flexibility index (Phi) is 12.9. The third-order valence-corrected chi connectivity index (χ3v) is 16.7. The zero-order valence-corrected chi connectivity index (χ0v) is 20.8. The normalized spacial score (nSPS) is 15.2. The second-order valence-corrected chi connectivity index (χ2v) is 17.6. The van der Waals surface area contributed by atoms with Crippen LogP contribution in [0.1, 0.15) is 62.3 Å². The molecular formula is C18H45BO3S3. The minimum absolute atomic E-state index is 0.487. The summed E-state index contributed by atoms with van der Waals surface area (Å²) in [6.07, 6.45) is 0. The minimum atomic E-state index is -1.13. The molecule has 0 spiro atoms. The summed E-state index contributed by atoms with van der Waals surface area (Å²) in [5, 5.41) is 0. The smallest absolute Gasteiger partial charge is 0.336 e. The predicted octanol–water partition coefficient (Wildman–Crippen LogP) is 6.36. The molecular weight excluding hydrogens is 371 g/mol. The molecule has 3 nitrogen and oxygen atoms in total. The standard InChI is InChI=1S/C18H45BO3S3/c1-10-23(11-2,12-3)20-19(21-24(13-4,14-5)15-6)22-25(16-7,17-8)18-9/h10-18H2,1-9H3. The van der Waals surface area contributed by atoms with Gasteiger partial charge in [-0.15, -0.1) is 30.9 Å². The second-order valence-electron chi connectivity index (χ2n) is 6.07. The summed E-state index contributed by atoms with van der Waals surface area (Å²) in [7, 11) is -3.87. The van der Waals surface area contributed by atoms with Gasteiger partial charge in [0.15, 0.2) is 0 Å². The van der Waals surface area contributed by atoms with Gasteiger partial charge in [0.25, 0.3) is 0 Å². The summed E-state index contributed by atoms with van der Waals surface area (Å²) < 4.78 is 20.1. The zero-order chi connectivity index (χ0) is 19.6. The van der Waals surface area contributed by atoms with Gasteiger partial charge in [0.1, 0.15) is 0 Å². The van der Waals surface area contributed by atoms with Crippen LogP contribution in [0, 0.1) is 0 Å². The lowest BCUT2D eigenvalue weighted by Crippen LogP contribution is -2.36. The van der Waals surface area contributed by atoms with E-state index < -0.39 is 38.2 Å². The largest absolute Gasteiger partial charge is 0.670 e. The molecule has 0 saturated carbocycles. The molecule has 0 amide bonds. The van der Waals surface area contributed by atoms with Gasteiger partial charge in [-0.25, -0.2) is 0 Å². The van der Waals surface area contributed by atoms with Crippen molar-refractivity contribution in [1.82, 2.24) is 0 Å². The van der Waals surface area contributed by atoms with Crippen LogP contribution in [-0.2, 0) is 12.3 Å². The van der Waals surface area contributed by atoms with Crippen LogP contribution in [0.5, 0.6) is 0 Å². The first-order chi connectivity index (χ1) is 11.8. The van der Waals surface area contributed by atoms with Crippen LogP contribution in [0.2, 0.25) is 0 Å². The molecule has 0 unspecified atom stereocenters. The molecule has 0 N–H and O–H groups in total. The Balaban J connectivity index is 5.64. The molecule has 0 atom stereocenters. The maximum atomic E-state index is 6.69. The molecule has 0 aliphatic rings. The van der Waals surface area contributed by atoms with Crippen LogP contribution in [0.25, 0.3) is 0 Å². The highest BCUT2D eigenvalue weighted by Gasteiger charge is 2.40. The lowest BCUT2D eigenvalue weighted by atomic mass is 10.3. The molecule has 0 saturated heterocycles. The Morgan fingerprint density at radius 3 is 0.680 bits per heavy atom. The van der Waals surface area contributed by atoms with Crippen molar-refractivity contribution in [2.75, 3.05) is 51.8 Å². The van der Waals surface area contributed by atoms with Gasteiger partial charge < -0.3 is 12.3 Å². The molecule has 0 aliphatic carbocycles. The van der Waals surface area contributed by atoms with Crippen LogP contribution in [0.15, 0.2) is 0 Å². The summed E-state index contributed by atoms with van der Waals surface area (Å²) in [5.41, 5.74) is 0. The number of hydrogen-bond donors (Lipinski definition) is 0. The van der Waals surface area contributed by atoms with Gasteiger partial charge in [0.2, 0.25) is 0 Å². The van der Waals surface area contributed by atoms with Crippen molar-refractivity contribution in [3.63, 3.8) is 0 Å². The van der Waals surface area contributed by atoms with Gasteiger partial charge in [0.05, 0.1) is 0 Å². The summed E-state index contributed by atoms with van der Waals surface area (Å²) >= 11 is 0. The van der Waals surface area contributed by atoms with Crippen LogP contribution >= 0.6 is 30.9 Å². The van der Waals surface area contributed by atoms with Gasteiger partial charge in [-0.2, -0.15) is 0 Å². The van der Waals surface area contributed by atoms with Crippen LogP contribution in [0.4, 0.5) is 0 Å². The monoisotopic (exact) mass is 416 g/mol. The molecule has 0 aliphatic heterocycles. The van der Waals surface area contributed by atoms with Crippen LogP contribution in [0.3, 0.4) is 0 Å². The van der Waals surface area contributed by atoms with Gasteiger partial charge in [-0.3, -0.25) is 0 Å². The first-order valence-corrected chi connectivity index (χ1v) is 16.4. The van der Waals surface area contributed by atoms with Gasteiger partial charge in [-0.1, -0.05) is 62.3 Å². The van der Waals surface area contributed by atoms with E-state index in [-0.39, 0.29) is 0 Å². The molecule has 0 heterocycles. The Labute approximate surface area is 164 Å². The van der Waals surface area contributed by atoms with Gasteiger partial charge in [0, 0.05) is 0 Å².